The zero-order valence-electron chi connectivity index (χ0n) is 30.5. The van der Waals surface area contributed by atoms with Gasteiger partial charge >= 0.3 is 5.97 Å². The number of carbonyl (C=O) groups excluding carboxylic acids is 3. The third kappa shape index (κ3) is 11.2. The van der Waals surface area contributed by atoms with Crippen LogP contribution in [-0.4, -0.2) is 56.0 Å². The van der Waals surface area contributed by atoms with Crippen LogP contribution in [0.25, 0.3) is 0 Å². The minimum Gasteiger partial charge on any atom is -0.506 e. The van der Waals surface area contributed by atoms with Gasteiger partial charge in [-0.3, -0.25) is 9.59 Å². The molecule has 1 unspecified atom stereocenters. The lowest BCUT2D eigenvalue weighted by Crippen LogP contribution is -2.34. The lowest BCUT2D eigenvalue weighted by molar-refractivity contribution is -0.115. The van der Waals surface area contributed by atoms with Crippen LogP contribution in [0.15, 0.2) is 94.7 Å². The number of unbranched alkanes of at least 4 members (excludes halogenated alkanes) is 1. The normalized spacial score (nSPS) is 11.8. The maximum Gasteiger partial charge on any atom is 0.338 e. The SMILES string of the molecule is CCCCSc1ccc(S(=O)(=O)C(CC)C(=O)Nc2cc(O)c(NC(=O)c3ccc(C(=O)OCCC(C)C)cc3)cc2Oc2ccc(OC)cc2)cc1. The van der Waals surface area contributed by atoms with Gasteiger partial charge in [0.2, 0.25) is 5.91 Å². The largest absolute Gasteiger partial charge is 0.506 e. The minimum absolute atomic E-state index is 0.0109. The summed E-state index contributed by atoms with van der Waals surface area (Å²) in [7, 11) is -2.58. The molecule has 0 aliphatic rings. The third-order valence-corrected chi connectivity index (χ3v) is 11.5. The number of thioether (sulfide) groups is 1. The van der Waals surface area contributed by atoms with Gasteiger partial charge in [0.25, 0.3) is 5.91 Å². The summed E-state index contributed by atoms with van der Waals surface area (Å²) in [6, 6.07) is 21.4. The van der Waals surface area contributed by atoms with Gasteiger partial charge in [0.15, 0.2) is 15.6 Å². The molecule has 13 heteroatoms. The number of nitrogens with one attached hydrogen (secondary N) is 2. The molecule has 4 aromatic carbocycles. The van der Waals surface area contributed by atoms with E-state index in [2.05, 4.69) is 17.6 Å². The van der Waals surface area contributed by atoms with Gasteiger partial charge in [-0.15, -0.1) is 11.8 Å². The number of ether oxygens (including phenoxy) is 3. The van der Waals surface area contributed by atoms with Crippen molar-refractivity contribution in [1.82, 2.24) is 0 Å². The highest BCUT2D eigenvalue weighted by Crippen LogP contribution is 2.39. The van der Waals surface area contributed by atoms with E-state index in [-0.39, 0.29) is 46.2 Å². The Hall–Kier alpha value is -5.01. The zero-order chi connectivity index (χ0) is 38.5. The monoisotopic (exact) mass is 762 g/mol. The molecule has 53 heavy (non-hydrogen) atoms. The zero-order valence-corrected chi connectivity index (χ0v) is 32.1. The Labute approximate surface area is 315 Å². The van der Waals surface area contributed by atoms with Gasteiger partial charge in [-0.05, 0) is 104 Å². The van der Waals surface area contributed by atoms with E-state index in [1.165, 1.54) is 55.6 Å². The highest BCUT2D eigenvalue weighted by Gasteiger charge is 2.33. The molecule has 2 amide bonds. The molecular formula is C40H46N2O9S2. The van der Waals surface area contributed by atoms with Gasteiger partial charge in [0, 0.05) is 22.6 Å². The summed E-state index contributed by atoms with van der Waals surface area (Å²) in [6.07, 6.45) is 2.81. The first kappa shape index (κ1) is 40.8. The number of phenolic OH excluding ortho intramolecular Hbond substituents is 1. The van der Waals surface area contributed by atoms with Crippen molar-refractivity contribution in [3.8, 4) is 23.0 Å². The van der Waals surface area contributed by atoms with Crippen molar-refractivity contribution in [2.24, 2.45) is 5.92 Å². The van der Waals surface area contributed by atoms with E-state index in [0.717, 1.165) is 29.9 Å². The maximum absolute atomic E-state index is 13.7. The van der Waals surface area contributed by atoms with Crippen molar-refractivity contribution < 1.29 is 42.1 Å². The Morgan fingerprint density at radius 3 is 2.08 bits per heavy atom. The molecule has 3 N–H and O–H groups in total. The quantitative estimate of drug-likeness (QED) is 0.0388. The summed E-state index contributed by atoms with van der Waals surface area (Å²) >= 11 is 1.64. The second kappa shape index (κ2) is 19.2. The first-order chi connectivity index (χ1) is 25.4. The number of sulfone groups is 1. The minimum atomic E-state index is -4.10. The third-order valence-electron chi connectivity index (χ3n) is 8.16. The number of aromatic hydroxyl groups is 1. The molecular weight excluding hydrogens is 717 g/mol. The van der Waals surface area contributed by atoms with Gasteiger partial charge in [-0.2, -0.15) is 0 Å². The first-order valence-corrected chi connectivity index (χ1v) is 19.9. The van der Waals surface area contributed by atoms with Crippen LogP contribution in [0, 0.1) is 5.92 Å². The molecule has 0 aliphatic carbocycles. The number of benzene rings is 4. The van der Waals surface area contributed by atoms with E-state index in [1.807, 2.05) is 13.8 Å². The van der Waals surface area contributed by atoms with Crippen LogP contribution in [0.3, 0.4) is 0 Å². The van der Waals surface area contributed by atoms with E-state index in [0.29, 0.717) is 17.4 Å². The molecule has 0 bridgehead atoms. The Bertz CT molecular complexity index is 1960. The van der Waals surface area contributed by atoms with Crippen molar-refractivity contribution >= 4 is 50.8 Å². The highest BCUT2D eigenvalue weighted by molar-refractivity contribution is 7.99. The fraction of sp³-hybridized carbons (Fsp3) is 0.325. The summed E-state index contributed by atoms with van der Waals surface area (Å²) in [5, 5.41) is 14.8. The van der Waals surface area contributed by atoms with Crippen LogP contribution < -0.4 is 20.1 Å². The topological polar surface area (TPSA) is 157 Å². The lowest BCUT2D eigenvalue weighted by atomic mass is 10.1. The van der Waals surface area contributed by atoms with Crippen LogP contribution in [-0.2, 0) is 19.4 Å². The number of anilines is 2. The van der Waals surface area contributed by atoms with Gasteiger partial charge < -0.3 is 30.0 Å². The molecule has 0 spiro atoms. The summed E-state index contributed by atoms with van der Waals surface area (Å²) in [5.41, 5.74) is 0.402. The van der Waals surface area contributed by atoms with Crippen LogP contribution in [0.5, 0.6) is 23.0 Å². The van der Waals surface area contributed by atoms with Crippen LogP contribution in [0.1, 0.15) is 74.1 Å². The molecule has 282 valence electrons. The van der Waals surface area contributed by atoms with E-state index >= 15 is 0 Å². The Morgan fingerprint density at radius 1 is 0.830 bits per heavy atom. The maximum atomic E-state index is 13.7. The van der Waals surface area contributed by atoms with Gasteiger partial charge in [-0.1, -0.05) is 34.1 Å². The van der Waals surface area contributed by atoms with Gasteiger partial charge in [-0.25, -0.2) is 13.2 Å². The van der Waals surface area contributed by atoms with E-state index in [9.17, 15) is 27.9 Å². The summed E-state index contributed by atoms with van der Waals surface area (Å²) < 4.78 is 43.9. The van der Waals surface area contributed by atoms with Crippen molar-refractivity contribution in [2.75, 3.05) is 30.1 Å². The van der Waals surface area contributed by atoms with Crippen molar-refractivity contribution in [3.05, 3.63) is 96.1 Å². The van der Waals surface area contributed by atoms with E-state index in [1.54, 1.807) is 55.1 Å². The van der Waals surface area contributed by atoms with Crippen molar-refractivity contribution in [1.29, 1.82) is 0 Å². The first-order valence-electron chi connectivity index (χ1n) is 17.4. The molecule has 1 atom stereocenters. The molecule has 0 fully saturated rings. The Balaban J connectivity index is 1.58. The standard InChI is InChI=1S/C40H46N2O9S2/c1-6-8-23-52-31-17-19-32(20-18-31)53(47,48)37(7-2)39(45)42-34-24-35(43)33(25-36(34)51-30-15-13-29(49-5)14-16-30)41-38(44)27-9-11-28(12-10-27)40(46)50-22-21-26(3)4/h9-20,24-26,37,43H,6-8,21-23H2,1-5H3,(H,41,44)(H,42,45). The number of esters is 1. The molecule has 0 radical (unpaired) electrons. The molecule has 0 saturated carbocycles. The van der Waals surface area contributed by atoms with Crippen LogP contribution in [0.4, 0.5) is 11.4 Å². The smallest absolute Gasteiger partial charge is 0.338 e. The highest BCUT2D eigenvalue weighted by atomic mass is 32.2. The Kier molecular flexibility index (Phi) is 14.7. The number of hydrogen-bond donors (Lipinski definition) is 3. The second-order valence-electron chi connectivity index (χ2n) is 12.6. The lowest BCUT2D eigenvalue weighted by Gasteiger charge is -2.19. The summed E-state index contributed by atoms with van der Waals surface area (Å²) in [5.74, 6) is -0.130. The predicted molar refractivity (Wildman–Crippen MR) is 207 cm³/mol. The molecule has 11 nitrogen and oxygen atoms in total. The number of methoxy groups -OCH3 is 1. The number of hydrogen-bond acceptors (Lipinski definition) is 10. The average molecular weight is 763 g/mol. The number of amides is 2. The van der Waals surface area contributed by atoms with Gasteiger partial charge in [0.1, 0.15) is 22.5 Å². The van der Waals surface area contributed by atoms with Crippen molar-refractivity contribution in [2.45, 2.75) is 68.4 Å². The second-order valence-corrected chi connectivity index (χ2v) is 15.9. The molecule has 0 aliphatic heterocycles. The molecule has 4 aromatic rings. The number of carbonyl (C=O) groups is 3. The molecule has 0 heterocycles. The summed E-state index contributed by atoms with van der Waals surface area (Å²) in [4.78, 5) is 40.2. The number of rotatable bonds is 18. The summed E-state index contributed by atoms with van der Waals surface area (Å²) in [6.45, 7) is 8.05. The molecule has 0 saturated heterocycles. The predicted octanol–water partition coefficient (Wildman–Crippen LogP) is 8.73. The Morgan fingerprint density at radius 2 is 1.47 bits per heavy atom. The molecule has 4 rings (SSSR count). The molecule has 0 aromatic heterocycles. The number of phenols is 1. The van der Waals surface area contributed by atoms with Gasteiger partial charge in [0.05, 0.1) is 35.6 Å². The van der Waals surface area contributed by atoms with Crippen molar-refractivity contribution in [3.63, 3.8) is 0 Å². The van der Waals surface area contributed by atoms with E-state index in [4.69, 9.17) is 14.2 Å². The average Bonchev–Trinajstić information content (AvgIpc) is 3.14. The van der Waals surface area contributed by atoms with Crippen LogP contribution >= 0.6 is 11.8 Å². The van der Waals surface area contributed by atoms with Crippen LogP contribution in [0.2, 0.25) is 0 Å². The fourth-order valence-corrected chi connectivity index (χ4v) is 7.65. The fourth-order valence-electron chi connectivity index (χ4n) is 5.03. The van der Waals surface area contributed by atoms with E-state index < -0.39 is 38.6 Å².